The van der Waals surface area contributed by atoms with Crippen molar-refractivity contribution in [3.05, 3.63) is 29.3 Å². The van der Waals surface area contributed by atoms with Crippen LogP contribution >= 0.6 is 27.7 Å². The minimum Gasteiger partial charge on any atom is -0.492 e. The van der Waals surface area contributed by atoms with Crippen molar-refractivity contribution in [2.45, 2.75) is 17.0 Å². The van der Waals surface area contributed by atoms with Crippen LogP contribution in [0.5, 0.6) is 5.75 Å². The highest BCUT2D eigenvalue weighted by Gasteiger charge is 2.34. The third kappa shape index (κ3) is 5.82. The van der Waals surface area contributed by atoms with E-state index in [4.69, 9.17) is 4.74 Å². The molecule has 9 heteroatoms. The predicted molar refractivity (Wildman–Crippen MR) is 68.1 cm³/mol. The van der Waals surface area contributed by atoms with Gasteiger partial charge in [0, 0.05) is 11.1 Å². The van der Waals surface area contributed by atoms with E-state index in [0.29, 0.717) is 5.56 Å². The molecule has 0 unspecified atom stereocenters. The first-order chi connectivity index (χ1) is 9.13. The number of ether oxygens (including phenoxy) is 1. The minimum atomic E-state index is -4.62. The molecule has 1 rings (SSSR count). The number of hydrogen-bond donors (Lipinski definition) is 0. The molecule has 1 aromatic rings. The first-order valence-corrected chi connectivity index (χ1v) is 7.34. The molecule has 0 atom stereocenters. The third-order valence-electron chi connectivity index (χ3n) is 2.11. The van der Waals surface area contributed by atoms with Gasteiger partial charge in [0.1, 0.15) is 5.75 Å². The van der Waals surface area contributed by atoms with Crippen LogP contribution in [0.15, 0.2) is 18.2 Å². The lowest BCUT2D eigenvalue weighted by molar-refractivity contribution is -0.139. The van der Waals surface area contributed by atoms with Crippen molar-refractivity contribution >= 4 is 27.7 Å². The quantitative estimate of drug-likeness (QED) is 0.391. The summed E-state index contributed by atoms with van der Waals surface area (Å²) in [6.07, 6.45) is -4.62. The SMILES string of the molecule is FC(F)(F)SCCOc1ccc(CBr)cc1C(F)(F)F. The van der Waals surface area contributed by atoms with Crippen molar-refractivity contribution in [1.29, 1.82) is 0 Å². The second kappa shape index (κ2) is 6.93. The zero-order chi connectivity index (χ0) is 15.4. The zero-order valence-corrected chi connectivity index (χ0v) is 12.2. The van der Waals surface area contributed by atoms with Crippen LogP contribution in [0, 0.1) is 0 Å². The fraction of sp³-hybridized carbons (Fsp3) is 0.455. The van der Waals surface area contributed by atoms with Gasteiger partial charge in [0.25, 0.3) is 0 Å². The number of rotatable bonds is 5. The van der Waals surface area contributed by atoms with E-state index in [9.17, 15) is 26.3 Å². The van der Waals surface area contributed by atoms with Crippen molar-refractivity contribution in [3.63, 3.8) is 0 Å². The van der Waals surface area contributed by atoms with Crippen LogP contribution < -0.4 is 4.74 Å². The molecule has 0 saturated heterocycles. The van der Waals surface area contributed by atoms with Crippen molar-refractivity contribution < 1.29 is 31.1 Å². The summed E-state index contributed by atoms with van der Waals surface area (Å²) in [5.41, 5.74) is -5.02. The lowest BCUT2D eigenvalue weighted by atomic mass is 10.1. The van der Waals surface area contributed by atoms with Gasteiger partial charge < -0.3 is 4.74 Å². The Morgan fingerprint density at radius 3 is 2.25 bits per heavy atom. The van der Waals surface area contributed by atoms with E-state index in [2.05, 4.69) is 15.9 Å². The summed E-state index contributed by atoms with van der Waals surface area (Å²) in [5, 5.41) is 0.236. The van der Waals surface area contributed by atoms with Crippen LogP contribution in [-0.2, 0) is 11.5 Å². The Labute approximate surface area is 123 Å². The van der Waals surface area contributed by atoms with Gasteiger partial charge in [-0.25, -0.2) is 0 Å². The summed E-state index contributed by atoms with van der Waals surface area (Å²) >= 11 is 2.69. The van der Waals surface area contributed by atoms with Crippen molar-refractivity contribution in [2.75, 3.05) is 12.4 Å². The van der Waals surface area contributed by atoms with Gasteiger partial charge in [0.15, 0.2) is 0 Å². The van der Waals surface area contributed by atoms with E-state index < -0.39 is 35.4 Å². The highest BCUT2D eigenvalue weighted by molar-refractivity contribution is 9.08. The number of halogens is 7. The molecule has 0 aromatic heterocycles. The normalized spacial score (nSPS) is 12.6. The second-order valence-corrected chi connectivity index (χ2v) is 5.33. The van der Waals surface area contributed by atoms with Crippen LogP contribution in [0.1, 0.15) is 11.1 Å². The Hall–Kier alpha value is -0.570. The Morgan fingerprint density at radius 1 is 1.10 bits per heavy atom. The van der Waals surface area contributed by atoms with E-state index in [-0.39, 0.29) is 17.1 Å². The van der Waals surface area contributed by atoms with Crippen LogP contribution in [-0.4, -0.2) is 17.9 Å². The smallest absolute Gasteiger partial charge is 0.441 e. The van der Waals surface area contributed by atoms with Crippen LogP contribution in [0.2, 0.25) is 0 Å². The first kappa shape index (κ1) is 17.5. The number of benzene rings is 1. The summed E-state index contributed by atoms with van der Waals surface area (Å²) < 4.78 is 78.8. The maximum Gasteiger partial charge on any atom is 0.441 e. The molecule has 0 aliphatic rings. The average molecular weight is 383 g/mol. The van der Waals surface area contributed by atoms with Gasteiger partial charge in [-0.3, -0.25) is 0 Å². The van der Waals surface area contributed by atoms with Gasteiger partial charge in [-0.1, -0.05) is 22.0 Å². The van der Waals surface area contributed by atoms with Crippen LogP contribution in [0.4, 0.5) is 26.3 Å². The summed E-state index contributed by atoms with van der Waals surface area (Å²) in [6, 6.07) is 3.43. The van der Waals surface area contributed by atoms with E-state index in [1.54, 1.807) is 0 Å². The van der Waals surface area contributed by atoms with Crippen molar-refractivity contribution in [3.8, 4) is 5.75 Å². The minimum absolute atomic E-state index is 0.236. The molecule has 0 spiro atoms. The fourth-order valence-corrected chi connectivity index (χ4v) is 2.06. The third-order valence-corrected chi connectivity index (χ3v) is 3.46. The van der Waals surface area contributed by atoms with E-state index >= 15 is 0 Å². The Bertz CT molecular complexity index is 446. The summed E-state index contributed by atoms with van der Waals surface area (Å²) in [5.74, 6) is -0.939. The number of thioether (sulfide) groups is 1. The lowest BCUT2D eigenvalue weighted by Crippen LogP contribution is -2.12. The average Bonchev–Trinajstić information content (AvgIpc) is 2.32. The predicted octanol–water partition coefficient (Wildman–Crippen LogP) is 5.23. The molecule has 1 aromatic carbocycles. The molecular formula is C11H9BrF6OS. The summed E-state index contributed by atoms with van der Waals surface area (Å²) in [4.78, 5) is 0. The maximum atomic E-state index is 12.8. The van der Waals surface area contributed by atoms with E-state index in [1.165, 1.54) is 6.07 Å². The van der Waals surface area contributed by atoms with E-state index in [1.807, 2.05) is 0 Å². The molecule has 0 bridgehead atoms. The molecule has 0 radical (unpaired) electrons. The first-order valence-electron chi connectivity index (χ1n) is 5.23. The molecule has 114 valence electrons. The molecule has 20 heavy (non-hydrogen) atoms. The van der Waals surface area contributed by atoms with Gasteiger partial charge in [0.2, 0.25) is 0 Å². The van der Waals surface area contributed by atoms with Gasteiger partial charge in [0.05, 0.1) is 12.2 Å². The molecule has 0 heterocycles. The van der Waals surface area contributed by atoms with Gasteiger partial charge >= 0.3 is 11.7 Å². The van der Waals surface area contributed by atoms with E-state index in [0.717, 1.165) is 12.1 Å². The fourth-order valence-electron chi connectivity index (χ4n) is 1.32. The Kier molecular flexibility index (Phi) is 6.06. The zero-order valence-electron chi connectivity index (χ0n) is 9.82. The van der Waals surface area contributed by atoms with Crippen molar-refractivity contribution in [1.82, 2.24) is 0 Å². The molecule has 0 fully saturated rings. The van der Waals surface area contributed by atoms with Crippen LogP contribution in [0.25, 0.3) is 0 Å². The highest BCUT2D eigenvalue weighted by Crippen LogP contribution is 2.37. The Morgan fingerprint density at radius 2 is 1.75 bits per heavy atom. The van der Waals surface area contributed by atoms with Crippen molar-refractivity contribution in [2.24, 2.45) is 0 Å². The summed E-state index contributed by atoms with van der Waals surface area (Å²) in [7, 11) is 0. The molecule has 0 amide bonds. The monoisotopic (exact) mass is 382 g/mol. The number of hydrogen-bond acceptors (Lipinski definition) is 2. The summed E-state index contributed by atoms with van der Waals surface area (Å²) in [6.45, 7) is -0.457. The standard InChI is InChI=1S/C11H9BrF6OS/c12-6-7-1-2-9(8(5-7)10(13,14)15)19-3-4-20-11(16,17)18/h1-2,5H,3-4,6H2. The molecule has 0 aliphatic heterocycles. The molecular weight excluding hydrogens is 374 g/mol. The van der Waals surface area contributed by atoms with Gasteiger partial charge in [-0.2, -0.15) is 26.3 Å². The molecule has 0 N–H and O–H groups in total. The lowest BCUT2D eigenvalue weighted by Gasteiger charge is -2.15. The largest absolute Gasteiger partial charge is 0.492 e. The Balaban J connectivity index is 2.74. The maximum absolute atomic E-state index is 12.8. The highest BCUT2D eigenvalue weighted by atomic mass is 79.9. The number of alkyl halides is 7. The van der Waals surface area contributed by atoms with Crippen LogP contribution in [0.3, 0.4) is 0 Å². The second-order valence-electron chi connectivity index (χ2n) is 3.60. The topological polar surface area (TPSA) is 9.23 Å². The molecule has 1 nitrogen and oxygen atoms in total. The van der Waals surface area contributed by atoms with Gasteiger partial charge in [-0.05, 0) is 29.5 Å². The molecule has 0 aliphatic carbocycles. The van der Waals surface area contributed by atoms with Gasteiger partial charge in [-0.15, -0.1) is 0 Å². The molecule has 0 saturated carbocycles.